The lowest BCUT2D eigenvalue weighted by molar-refractivity contribution is -0.150. The van der Waals surface area contributed by atoms with Crippen LogP contribution in [0.4, 0.5) is 5.69 Å². The fourth-order valence-corrected chi connectivity index (χ4v) is 13.0. The number of anilines is 1. The number of hydrogen-bond donors (Lipinski definition) is 1. The second-order valence-electron chi connectivity index (χ2n) is 17.8. The van der Waals surface area contributed by atoms with E-state index in [0.29, 0.717) is 31.7 Å². The summed E-state index contributed by atoms with van der Waals surface area (Å²) in [5.74, 6) is -0.239. The Hall–Kier alpha value is -3.42. The fraction of sp³-hybridized carbons (Fsp3) is 0.615. The topological polar surface area (TPSA) is 76.1 Å². The number of unbranched alkanes of at least 4 members (excludes halogenated alkanes) is 18. The Bertz CT molecular complexity index is 1500. The van der Waals surface area contributed by atoms with Gasteiger partial charge in [-0.05, 0) is 46.8 Å². The predicted molar refractivity (Wildman–Crippen MR) is 251 cm³/mol. The number of carbonyl (C=O) groups excluding carboxylic acids is 2. The van der Waals surface area contributed by atoms with Crippen molar-refractivity contribution in [1.29, 1.82) is 0 Å². The van der Waals surface area contributed by atoms with Gasteiger partial charge < -0.3 is 19.2 Å². The molecule has 0 unspecified atom stereocenters. The molecular weight excluding hydrogens is 747 g/mol. The van der Waals surface area contributed by atoms with E-state index >= 15 is 0 Å². The number of esters is 1. The Balaban J connectivity index is 1.70. The van der Waals surface area contributed by atoms with E-state index in [1.807, 2.05) is 18.2 Å². The van der Waals surface area contributed by atoms with E-state index in [2.05, 4.69) is 83.1 Å². The lowest BCUT2D eigenvalue weighted by Crippen LogP contribution is -2.67. The molecule has 0 aliphatic heterocycles. The number of benzene rings is 3. The molecule has 1 atom stereocenters. The van der Waals surface area contributed by atoms with Crippen LogP contribution >= 0.6 is 0 Å². The quantitative estimate of drug-likeness (QED) is 0.0385. The van der Waals surface area contributed by atoms with Gasteiger partial charge in [0.2, 0.25) is 5.91 Å². The molecule has 0 heterocycles. The summed E-state index contributed by atoms with van der Waals surface area (Å²) in [6, 6.07) is 27.9. The summed E-state index contributed by atoms with van der Waals surface area (Å²) in [4.78, 5) is 29.5. The first-order valence-corrected chi connectivity index (χ1v) is 25.6. The summed E-state index contributed by atoms with van der Waals surface area (Å²) in [6.45, 7) is 11.9. The molecule has 1 N–H and O–H groups in total. The van der Waals surface area contributed by atoms with E-state index in [1.54, 1.807) is 23.1 Å². The van der Waals surface area contributed by atoms with Crippen LogP contribution in [0.3, 0.4) is 0 Å². The highest BCUT2D eigenvalue weighted by atomic mass is 28.4. The van der Waals surface area contributed by atoms with Crippen molar-refractivity contribution in [3.05, 3.63) is 84.9 Å². The number of amides is 1. The van der Waals surface area contributed by atoms with E-state index in [1.165, 1.54) is 100 Å². The fourth-order valence-electron chi connectivity index (χ4n) is 8.48. The first-order chi connectivity index (χ1) is 28.6. The zero-order valence-electron chi connectivity index (χ0n) is 37.9. The summed E-state index contributed by atoms with van der Waals surface area (Å²) < 4.78 is 13.4. The molecule has 0 bridgehead atoms. The molecule has 3 aromatic carbocycles. The number of ether oxygens (including phenoxy) is 1. The predicted octanol–water partition coefficient (Wildman–Crippen LogP) is 13.2. The van der Waals surface area contributed by atoms with Crippen molar-refractivity contribution < 1.29 is 23.9 Å². The van der Waals surface area contributed by atoms with Crippen LogP contribution in [0.1, 0.15) is 182 Å². The normalized spacial score (nSPS) is 12.4. The Morgan fingerprint density at radius 3 is 1.58 bits per heavy atom. The highest BCUT2D eigenvalue weighted by Crippen LogP contribution is 2.37. The Kier molecular flexibility index (Phi) is 24.5. The van der Waals surface area contributed by atoms with Crippen molar-refractivity contribution in [3.63, 3.8) is 0 Å². The van der Waals surface area contributed by atoms with Crippen molar-refractivity contribution in [2.24, 2.45) is 0 Å². The van der Waals surface area contributed by atoms with Crippen LogP contribution in [0.5, 0.6) is 5.75 Å². The molecule has 328 valence electrons. The molecule has 0 saturated heterocycles. The molecule has 0 aromatic heterocycles. The van der Waals surface area contributed by atoms with Gasteiger partial charge in [0.05, 0.1) is 13.0 Å². The maximum Gasteiger partial charge on any atom is 0.306 e. The van der Waals surface area contributed by atoms with E-state index in [0.717, 1.165) is 38.5 Å². The first-order valence-electron chi connectivity index (χ1n) is 23.7. The van der Waals surface area contributed by atoms with Gasteiger partial charge in [-0.15, -0.1) is 0 Å². The molecule has 7 heteroatoms. The van der Waals surface area contributed by atoms with Crippen LogP contribution in [0.25, 0.3) is 0 Å². The van der Waals surface area contributed by atoms with Gasteiger partial charge in [-0.3, -0.25) is 9.59 Å². The molecule has 59 heavy (non-hydrogen) atoms. The van der Waals surface area contributed by atoms with E-state index in [-0.39, 0.29) is 29.1 Å². The molecule has 0 fully saturated rings. The van der Waals surface area contributed by atoms with E-state index in [9.17, 15) is 14.7 Å². The second-order valence-corrected chi connectivity index (χ2v) is 22.1. The van der Waals surface area contributed by atoms with Gasteiger partial charge >= 0.3 is 5.97 Å². The van der Waals surface area contributed by atoms with Gasteiger partial charge in [-0.1, -0.05) is 217 Å². The average Bonchev–Trinajstić information content (AvgIpc) is 3.22. The minimum absolute atomic E-state index is 0.0931. The monoisotopic (exact) mass is 828 g/mol. The molecular formula is C52H81NO5Si. The molecule has 0 radical (unpaired) electrons. The van der Waals surface area contributed by atoms with Gasteiger partial charge in [0.15, 0.2) is 0 Å². The maximum atomic E-state index is 14.5. The van der Waals surface area contributed by atoms with Crippen molar-refractivity contribution >= 4 is 36.3 Å². The smallest absolute Gasteiger partial charge is 0.306 e. The summed E-state index contributed by atoms with van der Waals surface area (Å²) in [5.41, 5.74) is 0.607. The molecule has 0 aliphatic carbocycles. The lowest BCUT2D eigenvalue weighted by Gasteiger charge is -2.43. The number of hydrogen-bond acceptors (Lipinski definition) is 5. The van der Waals surface area contributed by atoms with Crippen molar-refractivity contribution in [2.75, 3.05) is 18.1 Å². The number of rotatable bonds is 32. The number of phenols is 1. The highest BCUT2D eigenvalue weighted by Gasteiger charge is 2.50. The molecule has 0 spiro atoms. The lowest BCUT2D eigenvalue weighted by atomic mass is 10.0. The van der Waals surface area contributed by atoms with Gasteiger partial charge in [0.1, 0.15) is 11.9 Å². The van der Waals surface area contributed by atoms with Crippen LogP contribution in [0.2, 0.25) is 5.04 Å². The highest BCUT2D eigenvalue weighted by molar-refractivity contribution is 6.99. The van der Waals surface area contributed by atoms with Crippen LogP contribution < -0.4 is 15.3 Å². The largest absolute Gasteiger partial charge is 0.508 e. The third kappa shape index (κ3) is 18.4. The van der Waals surface area contributed by atoms with Gasteiger partial charge in [-0.2, -0.15) is 0 Å². The molecule has 6 nitrogen and oxygen atoms in total. The molecule has 0 aliphatic rings. The molecule has 3 aromatic rings. The molecule has 0 saturated carbocycles. The third-order valence-corrected chi connectivity index (χ3v) is 16.8. The first kappa shape index (κ1) is 49.9. The summed E-state index contributed by atoms with van der Waals surface area (Å²) >= 11 is 0. The summed E-state index contributed by atoms with van der Waals surface area (Å²) in [5, 5.41) is 12.7. The van der Waals surface area contributed by atoms with Crippen molar-refractivity contribution in [3.8, 4) is 5.75 Å². The minimum Gasteiger partial charge on any atom is -0.508 e. The Morgan fingerprint density at radius 1 is 0.627 bits per heavy atom. The zero-order chi connectivity index (χ0) is 42.6. The number of nitrogens with zero attached hydrogens (tertiary/aromatic N) is 1. The Morgan fingerprint density at radius 2 is 1.10 bits per heavy atom. The second kappa shape index (κ2) is 28.9. The van der Waals surface area contributed by atoms with Gasteiger partial charge in [-0.25, -0.2) is 0 Å². The van der Waals surface area contributed by atoms with E-state index < -0.39 is 14.4 Å². The number of phenolic OH excluding ortho intramolecular Hbond substituents is 1. The van der Waals surface area contributed by atoms with Crippen LogP contribution in [-0.2, 0) is 18.8 Å². The zero-order valence-corrected chi connectivity index (χ0v) is 38.9. The minimum atomic E-state index is -2.84. The molecule has 3 rings (SSSR count). The van der Waals surface area contributed by atoms with Crippen LogP contribution in [-0.4, -0.2) is 44.6 Å². The average molecular weight is 828 g/mol. The Labute approximate surface area is 361 Å². The SMILES string of the molecule is CCCCCCCCCCCCCC(=O)O[C@H](CCCCCCCCCCC)CC(=O)N(CCO[Si](c1ccccc1)(c1ccccc1)C(C)(C)C)c1cccc(O)c1. The standard InChI is InChI=1S/C52H81NO5Si/c1-6-8-10-12-14-16-17-19-21-23-31-40-51(56)58-47(35-26-22-20-18-15-13-11-9-7-2)44-50(55)53(45-33-32-34-46(54)43-45)41-42-57-59(52(3,4)5,48-36-27-24-28-37-48)49-38-29-25-30-39-49/h24-25,27-30,32-34,36-39,43,47,54H,6-23,26,31,35,40-42,44H2,1-5H3/t47-/m1/s1. The summed E-state index contributed by atoms with van der Waals surface area (Å²) in [7, 11) is -2.84. The van der Waals surface area contributed by atoms with Gasteiger partial charge in [0, 0.05) is 24.7 Å². The van der Waals surface area contributed by atoms with Gasteiger partial charge in [0.25, 0.3) is 8.32 Å². The van der Waals surface area contributed by atoms with Crippen molar-refractivity contribution in [2.45, 2.75) is 193 Å². The molecule has 1 amide bonds. The third-order valence-electron chi connectivity index (χ3n) is 11.8. The summed E-state index contributed by atoms with van der Waals surface area (Å²) in [6.07, 6.45) is 25.0. The number of aromatic hydroxyl groups is 1. The number of carbonyl (C=O) groups is 2. The van der Waals surface area contributed by atoms with Crippen molar-refractivity contribution in [1.82, 2.24) is 0 Å². The van der Waals surface area contributed by atoms with E-state index in [4.69, 9.17) is 9.16 Å². The van der Waals surface area contributed by atoms with Crippen LogP contribution in [0, 0.1) is 0 Å². The van der Waals surface area contributed by atoms with Crippen LogP contribution in [0.15, 0.2) is 84.9 Å². The maximum absolute atomic E-state index is 14.5.